The first-order chi connectivity index (χ1) is 9.31. The molecular formula is C13H20F3N3O. The van der Waals surface area contributed by atoms with Crippen molar-refractivity contribution < 1.29 is 17.9 Å². The van der Waals surface area contributed by atoms with Crippen molar-refractivity contribution in [3.05, 3.63) is 29.3 Å². The minimum atomic E-state index is -4.41. The predicted octanol–water partition coefficient (Wildman–Crippen LogP) is 2.46. The van der Waals surface area contributed by atoms with E-state index >= 15 is 0 Å². The molecule has 7 heteroatoms. The van der Waals surface area contributed by atoms with E-state index in [9.17, 15) is 13.2 Å². The van der Waals surface area contributed by atoms with Gasteiger partial charge in [-0.1, -0.05) is 6.92 Å². The van der Waals surface area contributed by atoms with Gasteiger partial charge in [-0.15, -0.1) is 0 Å². The van der Waals surface area contributed by atoms with E-state index in [1.807, 2.05) is 6.92 Å². The van der Waals surface area contributed by atoms with Gasteiger partial charge >= 0.3 is 6.18 Å². The van der Waals surface area contributed by atoms with Crippen LogP contribution in [0.2, 0.25) is 0 Å². The molecule has 1 aromatic carbocycles. The summed E-state index contributed by atoms with van der Waals surface area (Å²) in [5.41, 5.74) is 8.23. The summed E-state index contributed by atoms with van der Waals surface area (Å²) in [4.78, 5) is 0. The summed E-state index contributed by atoms with van der Waals surface area (Å²) in [7, 11) is 1.57. The molecule has 0 amide bonds. The quantitative estimate of drug-likeness (QED) is 0.427. The van der Waals surface area contributed by atoms with Crippen LogP contribution < -0.4 is 17.0 Å². The van der Waals surface area contributed by atoms with Crippen LogP contribution in [-0.2, 0) is 10.9 Å². The molecule has 2 atom stereocenters. The summed E-state index contributed by atoms with van der Waals surface area (Å²) in [5, 5.41) is 0. The number of hydrazine groups is 1. The Morgan fingerprint density at radius 3 is 2.50 bits per heavy atom. The van der Waals surface area contributed by atoms with Crippen molar-refractivity contribution in [1.29, 1.82) is 0 Å². The summed E-state index contributed by atoms with van der Waals surface area (Å²) in [5.74, 6) is 5.46. The molecule has 0 bridgehead atoms. The van der Waals surface area contributed by atoms with Gasteiger partial charge in [0.25, 0.3) is 0 Å². The Labute approximate surface area is 116 Å². The molecule has 0 fully saturated rings. The van der Waals surface area contributed by atoms with Crippen molar-refractivity contribution >= 4 is 5.69 Å². The number of anilines is 1. The zero-order valence-electron chi connectivity index (χ0n) is 11.5. The van der Waals surface area contributed by atoms with Crippen molar-refractivity contribution in [2.24, 2.45) is 11.8 Å². The second-order valence-corrected chi connectivity index (χ2v) is 4.74. The molecule has 114 valence electrons. The van der Waals surface area contributed by atoms with Gasteiger partial charge in [0.15, 0.2) is 0 Å². The predicted molar refractivity (Wildman–Crippen MR) is 71.6 cm³/mol. The van der Waals surface area contributed by atoms with Gasteiger partial charge in [0, 0.05) is 19.4 Å². The lowest BCUT2D eigenvalue weighted by atomic mass is 9.90. The van der Waals surface area contributed by atoms with Crippen molar-refractivity contribution in [2.75, 3.05) is 19.5 Å². The first kappa shape index (κ1) is 16.7. The van der Waals surface area contributed by atoms with Crippen molar-refractivity contribution in [2.45, 2.75) is 25.6 Å². The van der Waals surface area contributed by atoms with Crippen LogP contribution in [0.25, 0.3) is 0 Å². The van der Waals surface area contributed by atoms with Crippen LogP contribution in [0.5, 0.6) is 0 Å². The van der Waals surface area contributed by atoms with Crippen LogP contribution in [0.15, 0.2) is 18.2 Å². The summed E-state index contributed by atoms with van der Waals surface area (Å²) < 4.78 is 43.2. The van der Waals surface area contributed by atoms with Gasteiger partial charge < -0.3 is 10.5 Å². The highest BCUT2D eigenvalue weighted by molar-refractivity contribution is 5.51. The lowest BCUT2D eigenvalue weighted by Gasteiger charge is -2.25. The minimum Gasteiger partial charge on any atom is -0.398 e. The lowest BCUT2D eigenvalue weighted by Crippen LogP contribution is -2.33. The van der Waals surface area contributed by atoms with Crippen LogP contribution in [-0.4, -0.2) is 13.7 Å². The smallest absolute Gasteiger partial charge is 0.398 e. The van der Waals surface area contributed by atoms with Gasteiger partial charge in [-0.05, 0) is 36.1 Å². The highest BCUT2D eigenvalue weighted by atomic mass is 19.4. The fourth-order valence-corrected chi connectivity index (χ4v) is 2.05. The molecule has 0 aromatic heterocycles. The number of nitrogens with two attached hydrogens (primary N) is 2. The zero-order chi connectivity index (χ0) is 15.3. The maximum Gasteiger partial charge on any atom is 0.416 e. The largest absolute Gasteiger partial charge is 0.416 e. The van der Waals surface area contributed by atoms with Crippen LogP contribution in [0.4, 0.5) is 18.9 Å². The zero-order valence-corrected chi connectivity index (χ0v) is 11.5. The average molecular weight is 291 g/mol. The Kier molecular flexibility index (Phi) is 5.79. The van der Waals surface area contributed by atoms with E-state index in [2.05, 4.69) is 5.43 Å². The molecule has 1 aromatic rings. The van der Waals surface area contributed by atoms with Gasteiger partial charge in [0.2, 0.25) is 0 Å². The summed E-state index contributed by atoms with van der Waals surface area (Å²) in [6.45, 7) is 2.38. The Morgan fingerprint density at radius 1 is 1.35 bits per heavy atom. The Hall–Kier alpha value is -1.31. The number of nitrogen functional groups attached to an aromatic ring is 1. The molecule has 4 nitrogen and oxygen atoms in total. The first-order valence-corrected chi connectivity index (χ1v) is 6.23. The molecule has 0 aliphatic rings. The van der Waals surface area contributed by atoms with Gasteiger partial charge in [-0.2, -0.15) is 13.2 Å². The number of alkyl halides is 3. The van der Waals surface area contributed by atoms with Gasteiger partial charge in [-0.3, -0.25) is 11.3 Å². The Bertz CT molecular complexity index is 437. The maximum atomic E-state index is 12.8. The van der Waals surface area contributed by atoms with Crippen LogP contribution in [0.1, 0.15) is 30.5 Å². The van der Waals surface area contributed by atoms with Crippen molar-refractivity contribution in [1.82, 2.24) is 5.43 Å². The van der Waals surface area contributed by atoms with Gasteiger partial charge in [0.1, 0.15) is 0 Å². The average Bonchev–Trinajstić information content (AvgIpc) is 2.38. The van der Waals surface area contributed by atoms with E-state index in [4.69, 9.17) is 16.3 Å². The molecule has 0 aliphatic heterocycles. The van der Waals surface area contributed by atoms with Gasteiger partial charge in [0.05, 0.1) is 11.6 Å². The number of methoxy groups -OCH3 is 1. The lowest BCUT2D eigenvalue weighted by molar-refractivity contribution is -0.137. The van der Waals surface area contributed by atoms with Crippen molar-refractivity contribution in [3.63, 3.8) is 0 Å². The summed E-state index contributed by atoms with van der Waals surface area (Å²) in [6, 6.07) is 2.80. The number of nitrogens with one attached hydrogen (secondary N) is 1. The fourth-order valence-electron chi connectivity index (χ4n) is 2.05. The number of ether oxygens (including phenoxy) is 1. The molecule has 20 heavy (non-hydrogen) atoms. The third-order valence-electron chi connectivity index (χ3n) is 3.28. The van der Waals surface area contributed by atoms with Crippen LogP contribution in [0, 0.1) is 5.92 Å². The van der Waals surface area contributed by atoms with Crippen LogP contribution >= 0.6 is 0 Å². The molecular weight excluding hydrogens is 271 g/mol. The second-order valence-electron chi connectivity index (χ2n) is 4.74. The molecule has 0 radical (unpaired) electrons. The van der Waals surface area contributed by atoms with E-state index < -0.39 is 17.8 Å². The number of rotatable bonds is 6. The van der Waals surface area contributed by atoms with Crippen molar-refractivity contribution in [3.8, 4) is 0 Å². The van der Waals surface area contributed by atoms with E-state index in [1.165, 1.54) is 6.07 Å². The van der Waals surface area contributed by atoms with E-state index in [0.717, 1.165) is 12.1 Å². The number of benzene rings is 1. The SMILES string of the molecule is COCCC(C)C(NN)c1cc(C(F)(F)F)ccc1N. The second kappa shape index (κ2) is 6.92. The first-order valence-electron chi connectivity index (χ1n) is 6.23. The fraction of sp³-hybridized carbons (Fsp3) is 0.538. The summed E-state index contributed by atoms with van der Waals surface area (Å²) in [6.07, 6.45) is -3.75. The van der Waals surface area contributed by atoms with E-state index in [0.29, 0.717) is 18.6 Å². The normalized spacial score (nSPS) is 15.1. The topological polar surface area (TPSA) is 73.3 Å². The molecule has 0 saturated carbocycles. The highest BCUT2D eigenvalue weighted by Crippen LogP contribution is 2.35. The highest BCUT2D eigenvalue weighted by Gasteiger charge is 2.32. The van der Waals surface area contributed by atoms with E-state index in [-0.39, 0.29) is 11.6 Å². The third kappa shape index (κ3) is 4.09. The molecule has 0 aliphatic carbocycles. The number of hydrogen-bond donors (Lipinski definition) is 3. The molecule has 5 N–H and O–H groups in total. The monoisotopic (exact) mass is 291 g/mol. The molecule has 0 heterocycles. The number of halogens is 3. The molecule has 0 spiro atoms. The molecule has 2 unspecified atom stereocenters. The molecule has 0 saturated heterocycles. The minimum absolute atomic E-state index is 0.0225. The number of hydrogen-bond acceptors (Lipinski definition) is 4. The Morgan fingerprint density at radius 2 is 2.00 bits per heavy atom. The Balaban J connectivity index is 3.08. The van der Waals surface area contributed by atoms with Gasteiger partial charge in [-0.25, -0.2) is 0 Å². The van der Waals surface area contributed by atoms with E-state index in [1.54, 1.807) is 7.11 Å². The standard InChI is InChI=1S/C13H20F3N3O/c1-8(5-6-20-2)12(19-18)10-7-9(13(14,15)16)3-4-11(10)17/h3-4,7-8,12,19H,5-6,17-18H2,1-2H3. The molecule has 1 rings (SSSR count). The maximum absolute atomic E-state index is 12.8. The van der Waals surface area contributed by atoms with Crippen LogP contribution in [0.3, 0.4) is 0 Å². The summed E-state index contributed by atoms with van der Waals surface area (Å²) >= 11 is 0. The third-order valence-corrected chi connectivity index (χ3v) is 3.28.